The lowest BCUT2D eigenvalue weighted by Crippen LogP contribution is -2.38. The molecule has 0 aliphatic carbocycles. The Balaban J connectivity index is 1.77. The maximum Gasteiger partial charge on any atom is 0.261 e. The van der Waals surface area contributed by atoms with E-state index in [4.69, 9.17) is 0 Å². The van der Waals surface area contributed by atoms with Crippen LogP contribution in [0.25, 0.3) is 0 Å². The van der Waals surface area contributed by atoms with Crippen molar-refractivity contribution in [1.82, 2.24) is 10.2 Å². The summed E-state index contributed by atoms with van der Waals surface area (Å²) in [5.74, 6) is 0.0850. The standard InChI is InChI=1S/C17H18N2O2S/c20-16-9-4-10-19(16)12-14(13-6-2-1-3-7-13)18-17(21)15-8-5-11-22-15/h1-3,5-8,11,14H,4,9-10,12H2,(H,18,21)/t14-/m0/s1. The van der Waals surface area contributed by atoms with Crippen molar-refractivity contribution in [2.45, 2.75) is 18.9 Å². The first-order valence-corrected chi connectivity index (χ1v) is 8.29. The average Bonchev–Trinajstić information content (AvgIpc) is 3.20. The lowest BCUT2D eigenvalue weighted by molar-refractivity contribution is -0.128. The predicted octanol–water partition coefficient (Wildman–Crippen LogP) is 2.84. The molecule has 1 aromatic heterocycles. The van der Waals surface area contributed by atoms with Crippen LogP contribution in [-0.4, -0.2) is 29.8 Å². The van der Waals surface area contributed by atoms with Crippen LogP contribution in [-0.2, 0) is 4.79 Å². The smallest absolute Gasteiger partial charge is 0.261 e. The van der Waals surface area contributed by atoms with Crippen LogP contribution in [0.15, 0.2) is 47.8 Å². The number of nitrogens with one attached hydrogen (secondary N) is 1. The summed E-state index contributed by atoms with van der Waals surface area (Å²) in [5, 5.41) is 4.95. The number of carbonyl (C=O) groups is 2. The fraction of sp³-hybridized carbons (Fsp3) is 0.294. The van der Waals surface area contributed by atoms with Crippen molar-refractivity contribution >= 4 is 23.2 Å². The van der Waals surface area contributed by atoms with Crippen molar-refractivity contribution in [3.63, 3.8) is 0 Å². The quantitative estimate of drug-likeness (QED) is 0.922. The second-order valence-electron chi connectivity index (χ2n) is 5.36. The zero-order chi connectivity index (χ0) is 15.4. The fourth-order valence-corrected chi connectivity index (χ4v) is 3.30. The van der Waals surface area contributed by atoms with E-state index < -0.39 is 0 Å². The van der Waals surface area contributed by atoms with E-state index in [0.29, 0.717) is 17.8 Å². The summed E-state index contributed by atoms with van der Waals surface area (Å²) in [4.78, 5) is 26.7. The molecule has 0 saturated carbocycles. The lowest BCUT2D eigenvalue weighted by atomic mass is 10.1. The molecule has 1 aliphatic rings. The number of hydrogen-bond donors (Lipinski definition) is 1. The van der Waals surface area contributed by atoms with E-state index in [9.17, 15) is 9.59 Å². The number of likely N-dealkylation sites (tertiary alicyclic amines) is 1. The highest BCUT2D eigenvalue weighted by Gasteiger charge is 2.25. The van der Waals surface area contributed by atoms with E-state index in [1.165, 1.54) is 11.3 Å². The first-order chi connectivity index (χ1) is 10.7. The largest absolute Gasteiger partial charge is 0.343 e. The molecule has 1 fully saturated rings. The van der Waals surface area contributed by atoms with E-state index in [1.807, 2.05) is 52.7 Å². The third-order valence-electron chi connectivity index (χ3n) is 3.83. The van der Waals surface area contributed by atoms with Crippen LogP contribution in [0.4, 0.5) is 0 Å². The number of rotatable bonds is 5. The molecular formula is C17H18N2O2S. The highest BCUT2D eigenvalue weighted by atomic mass is 32.1. The van der Waals surface area contributed by atoms with Crippen LogP contribution in [0.1, 0.15) is 34.1 Å². The Labute approximate surface area is 133 Å². The SMILES string of the molecule is O=C(N[C@@H](CN1CCCC1=O)c1ccccc1)c1cccs1. The average molecular weight is 314 g/mol. The van der Waals surface area contributed by atoms with Crippen molar-refractivity contribution in [3.05, 3.63) is 58.3 Å². The molecule has 0 radical (unpaired) electrons. The molecule has 2 heterocycles. The van der Waals surface area contributed by atoms with Gasteiger partial charge in [0.25, 0.3) is 5.91 Å². The van der Waals surface area contributed by atoms with Crippen LogP contribution in [0.5, 0.6) is 0 Å². The molecule has 1 atom stereocenters. The molecule has 1 aromatic carbocycles. The Kier molecular flexibility index (Phi) is 4.53. The third-order valence-corrected chi connectivity index (χ3v) is 4.70. The van der Waals surface area contributed by atoms with Gasteiger partial charge in [0.1, 0.15) is 0 Å². The van der Waals surface area contributed by atoms with Crippen LogP contribution < -0.4 is 5.32 Å². The molecule has 0 bridgehead atoms. The van der Waals surface area contributed by atoms with Gasteiger partial charge in [-0.2, -0.15) is 0 Å². The topological polar surface area (TPSA) is 49.4 Å². The Morgan fingerprint density at radius 1 is 1.23 bits per heavy atom. The van der Waals surface area contributed by atoms with Crippen molar-refractivity contribution in [1.29, 1.82) is 0 Å². The zero-order valence-electron chi connectivity index (χ0n) is 12.2. The van der Waals surface area contributed by atoms with Crippen molar-refractivity contribution in [2.24, 2.45) is 0 Å². The number of thiophene rings is 1. The van der Waals surface area contributed by atoms with E-state index in [1.54, 1.807) is 0 Å². The molecular weight excluding hydrogens is 296 g/mol. The highest BCUT2D eigenvalue weighted by molar-refractivity contribution is 7.12. The summed E-state index contributed by atoms with van der Waals surface area (Å²) < 4.78 is 0. The van der Waals surface area contributed by atoms with Gasteiger partial charge in [0, 0.05) is 19.5 Å². The second kappa shape index (κ2) is 6.75. The number of benzene rings is 1. The molecule has 114 valence electrons. The van der Waals surface area contributed by atoms with Crippen molar-refractivity contribution in [3.8, 4) is 0 Å². The molecule has 0 unspecified atom stereocenters. The van der Waals surface area contributed by atoms with E-state index in [-0.39, 0.29) is 17.9 Å². The number of carbonyl (C=O) groups excluding carboxylic acids is 2. The predicted molar refractivity (Wildman–Crippen MR) is 86.8 cm³/mol. The Bertz CT molecular complexity index is 640. The Hall–Kier alpha value is -2.14. The highest BCUT2D eigenvalue weighted by Crippen LogP contribution is 2.20. The van der Waals surface area contributed by atoms with Crippen LogP contribution in [0, 0.1) is 0 Å². The fourth-order valence-electron chi connectivity index (χ4n) is 2.67. The van der Waals surface area contributed by atoms with Gasteiger partial charge in [0.15, 0.2) is 0 Å². The maximum absolute atomic E-state index is 12.3. The first kappa shape index (κ1) is 14.8. The normalized spacial score (nSPS) is 15.8. The van der Waals surface area contributed by atoms with Crippen molar-refractivity contribution < 1.29 is 9.59 Å². The first-order valence-electron chi connectivity index (χ1n) is 7.41. The van der Waals surface area contributed by atoms with Gasteiger partial charge in [0.05, 0.1) is 10.9 Å². The van der Waals surface area contributed by atoms with Crippen LogP contribution >= 0.6 is 11.3 Å². The number of hydrogen-bond acceptors (Lipinski definition) is 3. The number of amides is 2. The molecule has 0 spiro atoms. The van der Waals surface area contributed by atoms with E-state index in [2.05, 4.69) is 5.32 Å². The summed E-state index contributed by atoms with van der Waals surface area (Å²) in [5.41, 5.74) is 1.02. The summed E-state index contributed by atoms with van der Waals surface area (Å²) in [6, 6.07) is 13.3. The van der Waals surface area contributed by atoms with Gasteiger partial charge in [-0.1, -0.05) is 36.4 Å². The Morgan fingerprint density at radius 2 is 2.05 bits per heavy atom. The minimum atomic E-state index is -0.183. The summed E-state index contributed by atoms with van der Waals surface area (Å²) >= 11 is 1.42. The molecule has 2 amide bonds. The molecule has 3 rings (SSSR count). The molecule has 1 N–H and O–H groups in total. The minimum Gasteiger partial charge on any atom is -0.343 e. The van der Waals surface area contributed by atoms with Gasteiger partial charge in [-0.15, -0.1) is 11.3 Å². The van der Waals surface area contributed by atoms with Gasteiger partial charge in [0.2, 0.25) is 5.91 Å². The maximum atomic E-state index is 12.3. The van der Waals surface area contributed by atoms with Crippen molar-refractivity contribution in [2.75, 3.05) is 13.1 Å². The molecule has 5 heteroatoms. The van der Waals surface area contributed by atoms with Gasteiger partial charge in [-0.05, 0) is 23.4 Å². The van der Waals surface area contributed by atoms with Gasteiger partial charge < -0.3 is 10.2 Å². The van der Waals surface area contributed by atoms with Gasteiger partial charge >= 0.3 is 0 Å². The summed E-state index contributed by atoms with van der Waals surface area (Å²) in [6.07, 6.45) is 1.51. The third kappa shape index (κ3) is 3.36. The van der Waals surface area contributed by atoms with Gasteiger partial charge in [-0.25, -0.2) is 0 Å². The molecule has 4 nitrogen and oxygen atoms in total. The molecule has 22 heavy (non-hydrogen) atoms. The summed E-state index contributed by atoms with van der Waals surface area (Å²) in [6.45, 7) is 1.30. The monoisotopic (exact) mass is 314 g/mol. The number of nitrogens with zero attached hydrogens (tertiary/aromatic N) is 1. The molecule has 1 saturated heterocycles. The minimum absolute atomic E-state index is 0.0875. The molecule has 1 aliphatic heterocycles. The summed E-state index contributed by atoms with van der Waals surface area (Å²) in [7, 11) is 0. The van der Waals surface area contributed by atoms with E-state index in [0.717, 1.165) is 18.5 Å². The van der Waals surface area contributed by atoms with E-state index >= 15 is 0 Å². The Morgan fingerprint density at radius 3 is 2.68 bits per heavy atom. The molecule has 2 aromatic rings. The lowest BCUT2D eigenvalue weighted by Gasteiger charge is -2.25. The van der Waals surface area contributed by atoms with Crippen LogP contribution in [0.3, 0.4) is 0 Å². The van der Waals surface area contributed by atoms with Crippen LogP contribution in [0.2, 0.25) is 0 Å². The van der Waals surface area contributed by atoms with Gasteiger partial charge in [-0.3, -0.25) is 9.59 Å². The zero-order valence-corrected chi connectivity index (χ0v) is 13.0. The second-order valence-corrected chi connectivity index (χ2v) is 6.31.